The number of thiophene rings is 1. The molecule has 2 heterocycles. The summed E-state index contributed by atoms with van der Waals surface area (Å²) in [5.41, 5.74) is 0. The average Bonchev–Trinajstić information content (AvgIpc) is 2.92. The Morgan fingerprint density at radius 1 is 1.63 bits per heavy atom. The molecule has 1 fully saturated rings. The molecule has 19 heavy (non-hydrogen) atoms. The number of amides is 1. The topological polar surface area (TPSA) is 61.8 Å². The zero-order valence-electron chi connectivity index (χ0n) is 10.9. The highest BCUT2D eigenvalue weighted by atomic mass is 32.1. The number of hydrogen-bond donors (Lipinski definition) is 2. The molecule has 0 aromatic carbocycles. The summed E-state index contributed by atoms with van der Waals surface area (Å²) in [6.45, 7) is 2.84. The van der Waals surface area contributed by atoms with E-state index >= 15 is 0 Å². The van der Waals surface area contributed by atoms with Crippen LogP contribution in [-0.2, 0) is 16.0 Å². The summed E-state index contributed by atoms with van der Waals surface area (Å²) in [6, 6.07) is 4.03. The second kappa shape index (κ2) is 7.59. The van der Waals surface area contributed by atoms with Gasteiger partial charge in [-0.15, -0.1) is 11.3 Å². The molecule has 2 rings (SSSR count). The fraction of sp³-hybridized carbons (Fsp3) is 0.615. The lowest BCUT2D eigenvalue weighted by molar-refractivity contribution is -0.125. The lowest BCUT2D eigenvalue weighted by Crippen LogP contribution is -2.51. The lowest BCUT2D eigenvalue weighted by Gasteiger charge is -2.33. The van der Waals surface area contributed by atoms with Gasteiger partial charge in [0.1, 0.15) is 0 Å². The summed E-state index contributed by atoms with van der Waals surface area (Å²) >= 11 is 1.70. The van der Waals surface area contributed by atoms with E-state index in [1.54, 1.807) is 11.3 Å². The van der Waals surface area contributed by atoms with Crippen molar-refractivity contribution in [2.24, 2.45) is 0 Å². The number of carbonyl (C=O) groups excluding carboxylic acids is 1. The maximum Gasteiger partial charge on any atom is 0.234 e. The van der Waals surface area contributed by atoms with Gasteiger partial charge in [0.2, 0.25) is 5.91 Å². The third-order valence-electron chi connectivity index (χ3n) is 3.18. The molecule has 2 N–H and O–H groups in total. The first-order valence-corrected chi connectivity index (χ1v) is 7.39. The van der Waals surface area contributed by atoms with E-state index in [0.717, 1.165) is 6.42 Å². The van der Waals surface area contributed by atoms with Gasteiger partial charge in [-0.25, -0.2) is 0 Å². The van der Waals surface area contributed by atoms with Crippen LogP contribution in [-0.4, -0.2) is 61.4 Å². The van der Waals surface area contributed by atoms with Gasteiger partial charge in [-0.3, -0.25) is 9.69 Å². The van der Waals surface area contributed by atoms with Gasteiger partial charge in [-0.1, -0.05) is 6.07 Å². The molecule has 0 aliphatic carbocycles. The van der Waals surface area contributed by atoms with Gasteiger partial charge in [0.25, 0.3) is 0 Å². The van der Waals surface area contributed by atoms with Crippen LogP contribution in [0.25, 0.3) is 0 Å². The number of aliphatic hydroxyl groups excluding tert-OH is 1. The van der Waals surface area contributed by atoms with Gasteiger partial charge in [0.05, 0.1) is 32.4 Å². The summed E-state index contributed by atoms with van der Waals surface area (Å²) in [6.07, 6.45) is 0.871. The molecule has 0 bridgehead atoms. The highest BCUT2D eigenvalue weighted by Gasteiger charge is 2.23. The average molecular weight is 284 g/mol. The van der Waals surface area contributed by atoms with Crippen LogP contribution in [0.5, 0.6) is 0 Å². The molecule has 1 atom stereocenters. The van der Waals surface area contributed by atoms with Gasteiger partial charge < -0.3 is 15.2 Å². The largest absolute Gasteiger partial charge is 0.395 e. The SMILES string of the molecule is O=C(CN1CCOCC1CO)NCCc1cccs1. The smallest absolute Gasteiger partial charge is 0.234 e. The van der Waals surface area contributed by atoms with Crippen LogP contribution in [0.15, 0.2) is 17.5 Å². The van der Waals surface area contributed by atoms with E-state index in [4.69, 9.17) is 4.74 Å². The zero-order valence-corrected chi connectivity index (χ0v) is 11.7. The van der Waals surface area contributed by atoms with E-state index < -0.39 is 0 Å². The van der Waals surface area contributed by atoms with Crippen LogP contribution < -0.4 is 5.32 Å². The molecule has 1 aliphatic heterocycles. The maximum absolute atomic E-state index is 11.8. The van der Waals surface area contributed by atoms with Crippen LogP contribution in [0, 0.1) is 0 Å². The number of morpholine rings is 1. The molecule has 1 aliphatic rings. The Morgan fingerprint density at radius 3 is 3.26 bits per heavy atom. The molecule has 1 unspecified atom stereocenters. The number of rotatable bonds is 6. The number of carbonyl (C=O) groups is 1. The second-order valence-electron chi connectivity index (χ2n) is 4.56. The Balaban J connectivity index is 1.68. The summed E-state index contributed by atoms with van der Waals surface area (Å²) in [5.74, 6) is 0.0110. The van der Waals surface area contributed by atoms with E-state index in [9.17, 15) is 9.90 Å². The van der Waals surface area contributed by atoms with E-state index in [-0.39, 0.29) is 18.6 Å². The van der Waals surface area contributed by atoms with Crippen LogP contribution in [0.4, 0.5) is 0 Å². The monoisotopic (exact) mass is 284 g/mol. The van der Waals surface area contributed by atoms with Crippen molar-refractivity contribution in [1.82, 2.24) is 10.2 Å². The van der Waals surface area contributed by atoms with E-state index in [2.05, 4.69) is 11.4 Å². The normalized spacial score (nSPS) is 20.4. The predicted octanol–water partition coefficient (Wildman–Crippen LogP) is 0.0999. The molecular weight excluding hydrogens is 264 g/mol. The quantitative estimate of drug-likeness (QED) is 0.778. The Kier molecular flexibility index (Phi) is 5.78. The van der Waals surface area contributed by atoms with Crippen LogP contribution in [0.2, 0.25) is 0 Å². The van der Waals surface area contributed by atoms with Gasteiger partial charge in [-0.05, 0) is 17.9 Å². The zero-order chi connectivity index (χ0) is 13.5. The van der Waals surface area contributed by atoms with E-state index in [0.29, 0.717) is 32.8 Å². The van der Waals surface area contributed by atoms with Crippen LogP contribution in [0.1, 0.15) is 4.88 Å². The molecule has 0 spiro atoms. The minimum atomic E-state index is -0.0585. The fourth-order valence-corrected chi connectivity index (χ4v) is 2.79. The third kappa shape index (κ3) is 4.58. The molecule has 6 heteroatoms. The van der Waals surface area contributed by atoms with E-state index in [1.807, 2.05) is 16.3 Å². The Morgan fingerprint density at radius 2 is 2.53 bits per heavy atom. The summed E-state index contributed by atoms with van der Waals surface area (Å²) in [7, 11) is 0. The van der Waals surface area contributed by atoms with Crippen molar-refractivity contribution in [2.75, 3.05) is 39.5 Å². The first-order valence-electron chi connectivity index (χ1n) is 6.51. The molecular formula is C13H20N2O3S. The highest BCUT2D eigenvalue weighted by Crippen LogP contribution is 2.08. The summed E-state index contributed by atoms with van der Waals surface area (Å²) in [5, 5.41) is 14.2. The second-order valence-corrected chi connectivity index (χ2v) is 5.59. The predicted molar refractivity (Wildman–Crippen MR) is 74.3 cm³/mol. The van der Waals surface area contributed by atoms with Crippen LogP contribution >= 0.6 is 11.3 Å². The van der Waals surface area contributed by atoms with Crippen molar-refractivity contribution in [3.8, 4) is 0 Å². The van der Waals surface area contributed by atoms with E-state index in [1.165, 1.54) is 4.88 Å². The fourth-order valence-electron chi connectivity index (χ4n) is 2.09. The van der Waals surface area contributed by atoms with Gasteiger partial charge in [0, 0.05) is 18.0 Å². The van der Waals surface area contributed by atoms with Gasteiger partial charge >= 0.3 is 0 Å². The van der Waals surface area contributed by atoms with Crippen molar-refractivity contribution in [3.63, 3.8) is 0 Å². The standard InChI is InChI=1S/C13H20N2O3S/c16-9-11-10-18-6-5-15(11)8-13(17)14-4-3-12-2-1-7-19-12/h1-2,7,11,16H,3-6,8-10H2,(H,14,17). The number of nitrogens with zero attached hydrogens (tertiary/aromatic N) is 1. The maximum atomic E-state index is 11.8. The minimum Gasteiger partial charge on any atom is -0.395 e. The molecule has 0 saturated carbocycles. The lowest BCUT2D eigenvalue weighted by atomic mass is 10.2. The third-order valence-corrected chi connectivity index (χ3v) is 4.12. The Bertz CT molecular complexity index is 383. The number of nitrogens with one attached hydrogen (secondary N) is 1. The van der Waals surface area contributed by atoms with Crippen LogP contribution in [0.3, 0.4) is 0 Å². The molecule has 1 saturated heterocycles. The first kappa shape index (κ1) is 14.5. The number of aliphatic hydroxyl groups is 1. The molecule has 1 amide bonds. The number of ether oxygens (including phenoxy) is 1. The van der Waals surface area contributed by atoms with Crippen molar-refractivity contribution < 1.29 is 14.6 Å². The minimum absolute atomic E-state index is 0.0110. The van der Waals surface area contributed by atoms with Crippen molar-refractivity contribution in [1.29, 1.82) is 0 Å². The van der Waals surface area contributed by atoms with Crippen molar-refractivity contribution in [3.05, 3.63) is 22.4 Å². The highest BCUT2D eigenvalue weighted by molar-refractivity contribution is 7.09. The first-order chi connectivity index (χ1) is 9.29. The molecule has 1 aromatic rings. The summed E-state index contributed by atoms with van der Waals surface area (Å²) < 4.78 is 5.28. The molecule has 5 nitrogen and oxygen atoms in total. The Hall–Kier alpha value is -0.950. The number of hydrogen-bond acceptors (Lipinski definition) is 5. The summed E-state index contributed by atoms with van der Waals surface area (Å²) in [4.78, 5) is 15.1. The molecule has 0 radical (unpaired) electrons. The van der Waals surface area contributed by atoms with Crippen molar-refractivity contribution in [2.45, 2.75) is 12.5 Å². The molecule has 106 valence electrons. The molecule has 1 aromatic heterocycles. The van der Waals surface area contributed by atoms with Crippen molar-refractivity contribution >= 4 is 17.2 Å². The van der Waals surface area contributed by atoms with Gasteiger partial charge in [-0.2, -0.15) is 0 Å². The van der Waals surface area contributed by atoms with Gasteiger partial charge in [0.15, 0.2) is 0 Å². The Labute approximate surface area is 117 Å².